The molecule has 160 valence electrons. The van der Waals surface area contributed by atoms with E-state index in [1.54, 1.807) is 0 Å². The standard InChI is InChI=1S/C23H27N2.ClHO4/c1-22(2)16-11-7-9-13-18(16)24(5)20(22)15-21-23(3,4)17-12-8-10-14-19(17)25(21)6;2-1(3,4)5/h7-15H,1-6H3;(H,2,3,4,5)/q+1;/p-1. The van der Waals surface area contributed by atoms with Gasteiger partial charge in [0.1, 0.15) is 7.05 Å². The zero-order valence-electron chi connectivity index (χ0n) is 18.1. The van der Waals surface area contributed by atoms with Crippen molar-refractivity contribution in [1.29, 1.82) is 0 Å². The van der Waals surface area contributed by atoms with Crippen LogP contribution < -0.4 is 23.5 Å². The van der Waals surface area contributed by atoms with Gasteiger partial charge in [0.15, 0.2) is 5.71 Å². The number of fused-ring (bicyclic) bond motifs is 2. The molecule has 0 aromatic heterocycles. The molecule has 4 rings (SSSR count). The van der Waals surface area contributed by atoms with E-state index in [4.69, 9.17) is 18.6 Å². The van der Waals surface area contributed by atoms with Gasteiger partial charge in [-0.1, -0.05) is 50.2 Å². The normalized spacial score (nSPS) is 20.1. The third-order valence-electron chi connectivity index (χ3n) is 6.15. The number of rotatable bonds is 1. The number of halogens is 1. The van der Waals surface area contributed by atoms with E-state index >= 15 is 0 Å². The van der Waals surface area contributed by atoms with Crippen LogP contribution in [0.2, 0.25) is 0 Å². The minimum Gasteiger partial charge on any atom is -0.347 e. The molecule has 0 fully saturated rings. The molecule has 0 bridgehead atoms. The highest BCUT2D eigenvalue weighted by atomic mass is 35.7. The molecule has 0 atom stereocenters. The number of anilines is 1. The second-order valence-corrected chi connectivity index (χ2v) is 9.45. The number of likely N-dealkylation sites (N-methyl/N-ethyl adjacent to an activating group) is 1. The average Bonchev–Trinajstić information content (AvgIpc) is 2.96. The largest absolute Gasteiger partial charge is 0.347 e. The van der Waals surface area contributed by atoms with E-state index in [2.05, 4.69) is 106 Å². The van der Waals surface area contributed by atoms with Crippen LogP contribution >= 0.6 is 0 Å². The van der Waals surface area contributed by atoms with Crippen LogP contribution in [-0.4, -0.2) is 24.4 Å². The van der Waals surface area contributed by atoms with Gasteiger partial charge in [-0.15, -0.1) is 10.2 Å². The van der Waals surface area contributed by atoms with E-state index in [9.17, 15) is 0 Å². The molecule has 0 radical (unpaired) electrons. The van der Waals surface area contributed by atoms with Crippen molar-refractivity contribution in [2.45, 2.75) is 38.5 Å². The van der Waals surface area contributed by atoms with Crippen LogP contribution in [0.5, 0.6) is 0 Å². The highest BCUT2D eigenvalue weighted by Gasteiger charge is 2.46. The number of hydrogen-bond donors (Lipinski definition) is 0. The fourth-order valence-electron chi connectivity index (χ4n) is 4.65. The monoisotopic (exact) mass is 430 g/mol. The maximum absolute atomic E-state index is 8.49. The minimum atomic E-state index is -4.94. The van der Waals surface area contributed by atoms with E-state index in [-0.39, 0.29) is 10.8 Å². The maximum Gasteiger partial charge on any atom is 0.209 e. The molecule has 7 heteroatoms. The molecule has 2 aromatic carbocycles. The maximum atomic E-state index is 8.49. The number of nitrogens with zero attached hydrogens (tertiary/aromatic N) is 2. The van der Waals surface area contributed by atoms with E-state index in [1.165, 1.54) is 33.9 Å². The summed E-state index contributed by atoms with van der Waals surface area (Å²) in [5, 5.41) is 0. The lowest BCUT2D eigenvalue weighted by Gasteiger charge is -2.25. The molecule has 6 nitrogen and oxygen atoms in total. The number of allylic oxidation sites excluding steroid dienone is 2. The Labute approximate surface area is 179 Å². The fraction of sp³-hybridized carbons (Fsp3) is 0.348. The van der Waals surface area contributed by atoms with E-state index < -0.39 is 10.2 Å². The predicted octanol–water partition coefficient (Wildman–Crippen LogP) is 0.248. The average molecular weight is 431 g/mol. The molecule has 2 aliphatic rings. The molecule has 0 amide bonds. The molecule has 0 saturated heterocycles. The molecule has 2 heterocycles. The van der Waals surface area contributed by atoms with Crippen molar-refractivity contribution in [3.05, 3.63) is 71.4 Å². The van der Waals surface area contributed by atoms with E-state index in [1.807, 2.05) is 0 Å². The van der Waals surface area contributed by atoms with Gasteiger partial charge in [-0.05, 0) is 25.5 Å². The van der Waals surface area contributed by atoms with Gasteiger partial charge in [0, 0.05) is 41.6 Å². The summed E-state index contributed by atoms with van der Waals surface area (Å²) in [7, 11) is -0.565. The molecular weight excluding hydrogens is 404 g/mol. The summed E-state index contributed by atoms with van der Waals surface area (Å²) in [6.07, 6.45) is 2.42. The molecule has 2 aliphatic heterocycles. The molecule has 30 heavy (non-hydrogen) atoms. The fourth-order valence-corrected chi connectivity index (χ4v) is 4.65. The van der Waals surface area contributed by atoms with Crippen molar-refractivity contribution in [3.8, 4) is 0 Å². The highest BCUT2D eigenvalue weighted by Crippen LogP contribution is 2.48. The second kappa shape index (κ2) is 7.48. The van der Waals surface area contributed by atoms with Crippen molar-refractivity contribution < 1.29 is 33.5 Å². The molecule has 0 unspecified atom stereocenters. The zero-order valence-corrected chi connectivity index (χ0v) is 18.9. The van der Waals surface area contributed by atoms with Crippen molar-refractivity contribution >= 4 is 17.1 Å². The van der Waals surface area contributed by atoms with Crippen molar-refractivity contribution in [3.63, 3.8) is 0 Å². The van der Waals surface area contributed by atoms with Crippen LogP contribution in [0.25, 0.3) is 0 Å². The van der Waals surface area contributed by atoms with E-state index in [0.29, 0.717) is 0 Å². The quantitative estimate of drug-likeness (QED) is 0.604. The highest BCUT2D eigenvalue weighted by molar-refractivity contribution is 6.04. The lowest BCUT2D eigenvalue weighted by Crippen LogP contribution is -2.68. The lowest BCUT2D eigenvalue weighted by atomic mass is 9.78. The van der Waals surface area contributed by atoms with Crippen molar-refractivity contribution in [2.75, 3.05) is 19.0 Å². The van der Waals surface area contributed by atoms with Crippen molar-refractivity contribution in [2.24, 2.45) is 0 Å². The number of benzene rings is 2. The zero-order chi connectivity index (χ0) is 22.5. The van der Waals surface area contributed by atoms with Gasteiger partial charge in [0.25, 0.3) is 0 Å². The molecule has 0 N–H and O–H groups in total. The summed E-state index contributed by atoms with van der Waals surface area (Å²) in [6.45, 7) is 9.32. The SMILES string of the molecule is CN1/C(=C/C2=[N+](C)c3ccccc3C2(C)C)C(C)(C)c2ccccc21.[O-][Cl+3]([O-])([O-])[O-]. The summed E-state index contributed by atoms with van der Waals surface area (Å²) < 4.78 is 36.3. The van der Waals surface area contributed by atoms with E-state index in [0.717, 1.165) is 0 Å². The first-order valence-corrected chi connectivity index (χ1v) is 10.9. The van der Waals surface area contributed by atoms with Gasteiger partial charge >= 0.3 is 0 Å². The van der Waals surface area contributed by atoms with Crippen molar-refractivity contribution in [1.82, 2.24) is 0 Å². The second-order valence-electron chi connectivity index (χ2n) is 8.70. The Hall–Kier alpha value is -2.22. The summed E-state index contributed by atoms with van der Waals surface area (Å²) in [5.74, 6) is 0. The first-order chi connectivity index (χ1) is 13.8. The molecule has 0 saturated carbocycles. The lowest BCUT2D eigenvalue weighted by molar-refractivity contribution is -2.00. The van der Waals surface area contributed by atoms with Gasteiger partial charge in [-0.3, -0.25) is 0 Å². The summed E-state index contributed by atoms with van der Waals surface area (Å²) in [4.78, 5) is 2.36. The molecule has 0 aliphatic carbocycles. The summed E-state index contributed by atoms with van der Waals surface area (Å²) in [5.41, 5.74) is 8.16. The Kier molecular flexibility index (Phi) is 5.60. The number of para-hydroxylation sites is 2. The number of hydrogen-bond acceptors (Lipinski definition) is 5. The van der Waals surface area contributed by atoms with Crippen LogP contribution in [0.3, 0.4) is 0 Å². The van der Waals surface area contributed by atoms with Crippen LogP contribution in [0.1, 0.15) is 38.8 Å². The smallest absolute Gasteiger partial charge is 0.209 e. The Morgan fingerprint density at radius 3 is 1.87 bits per heavy atom. The Balaban J connectivity index is 0.000000461. The Morgan fingerprint density at radius 1 is 0.833 bits per heavy atom. The topological polar surface area (TPSA) is 98.5 Å². The van der Waals surface area contributed by atoms with Crippen LogP contribution in [0, 0.1) is 10.2 Å². The molecular formula is C23H27ClN2O4. The summed E-state index contributed by atoms with van der Waals surface area (Å²) in [6, 6.07) is 17.5. The molecule has 0 spiro atoms. The predicted molar refractivity (Wildman–Crippen MR) is 106 cm³/mol. The van der Waals surface area contributed by atoms with Crippen LogP contribution in [0.4, 0.5) is 11.4 Å². The van der Waals surface area contributed by atoms with Gasteiger partial charge in [0.2, 0.25) is 5.69 Å². The third-order valence-corrected chi connectivity index (χ3v) is 6.15. The minimum absolute atomic E-state index is 0.00401. The first kappa shape index (κ1) is 22.5. The third kappa shape index (κ3) is 3.89. The summed E-state index contributed by atoms with van der Waals surface area (Å²) >= 11 is 0. The Morgan fingerprint density at radius 2 is 1.33 bits per heavy atom. The van der Waals surface area contributed by atoms with Gasteiger partial charge in [-0.2, -0.15) is 4.58 Å². The van der Waals surface area contributed by atoms with Crippen LogP contribution in [0.15, 0.2) is 60.3 Å². The first-order valence-electron chi connectivity index (χ1n) is 9.64. The van der Waals surface area contributed by atoms with Gasteiger partial charge in [0.05, 0.1) is 5.41 Å². The van der Waals surface area contributed by atoms with Gasteiger partial charge < -0.3 is 4.90 Å². The van der Waals surface area contributed by atoms with Gasteiger partial charge in [-0.25, -0.2) is 18.6 Å². The Bertz CT molecular complexity index is 1030. The van der Waals surface area contributed by atoms with Crippen LogP contribution in [-0.2, 0) is 10.8 Å². The molecule has 2 aromatic rings.